The summed E-state index contributed by atoms with van der Waals surface area (Å²) in [6, 6.07) is 5.14. The summed E-state index contributed by atoms with van der Waals surface area (Å²) >= 11 is 1.79. The molecule has 1 aromatic heterocycles. The van der Waals surface area contributed by atoms with Gasteiger partial charge in [-0.25, -0.2) is 0 Å². The molecule has 1 saturated carbocycles. The molecular weight excluding hydrogens is 206 g/mol. The van der Waals surface area contributed by atoms with Crippen LogP contribution in [0.3, 0.4) is 0 Å². The van der Waals surface area contributed by atoms with E-state index in [1.54, 1.807) is 11.3 Å². The summed E-state index contributed by atoms with van der Waals surface area (Å²) in [4.78, 5) is 15.0. The van der Waals surface area contributed by atoms with E-state index in [9.17, 15) is 4.79 Å². The summed E-state index contributed by atoms with van der Waals surface area (Å²) in [6.07, 6.45) is 2.55. The zero-order valence-electron chi connectivity index (χ0n) is 9.27. The number of carbonyl (C=O) groups is 1. The van der Waals surface area contributed by atoms with Crippen molar-refractivity contribution in [1.82, 2.24) is 4.90 Å². The number of thiophene rings is 1. The average Bonchev–Trinajstić information content (AvgIpc) is 2.85. The maximum atomic E-state index is 11.2. The van der Waals surface area contributed by atoms with E-state index < -0.39 is 0 Å². The molecule has 15 heavy (non-hydrogen) atoms. The van der Waals surface area contributed by atoms with Crippen molar-refractivity contribution in [3.05, 3.63) is 22.4 Å². The van der Waals surface area contributed by atoms with Gasteiger partial charge >= 0.3 is 0 Å². The highest BCUT2D eigenvalue weighted by atomic mass is 32.1. The summed E-state index contributed by atoms with van der Waals surface area (Å²) < 4.78 is 0. The van der Waals surface area contributed by atoms with E-state index in [4.69, 9.17) is 0 Å². The minimum absolute atomic E-state index is 0.422. The Hall–Kier alpha value is -0.670. The highest BCUT2D eigenvalue weighted by Gasteiger charge is 2.28. The van der Waals surface area contributed by atoms with Gasteiger partial charge in [-0.05, 0) is 31.8 Å². The first-order valence-corrected chi connectivity index (χ1v) is 6.33. The van der Waals surface area contributed by atoms with Crippen molar-refractivity contribution < 1.29 is 4.79 Å². The van der Waals surface area contributed by atoms with Crippen molar-refractivity contribution in [2.45, 2.75) is 38.3 Å². The number of carbonyl (C=O) groups excluding carboxylic acids is 1. The van der Waals surface area contributed by atoms with Crippen LogP contribution in [0.2, 0.25) is 0 Å². The standard InChI is InChI=1S/C12H17NOS/c1-9(12-4-3-7-15-12)13(2)10-5-6-11(14)8-10/h3-4,7,9-10H,5-6,8H2,1-2H3. The summed E-state index contributed by atoms with van der Waals surface area (Å²) in [7, 11) is 2.13. The third-order valence-corrected chi connectivity index (χ3v) is 4.40. The van der Waals surface area contributed by atoms with E-state index in [1.807, 2.05) is 0 Å². The van der Waals surface area contributed by atoms with Gasteiger partial charge in [0.15, 0.2) is 0 Å². The highest BCUT2D eigenvalue weighted by molar-refractivity contribution is 7.10. The van der Waals surface area contributed by atoms with Gasteiger partial charge in [-0.3, -0.25) is 9.69 Å². The molecule has 1 fully saturated rings. The first-order chi connectivity index (χ1) is 7.18. The number of hydrogen-bond acceptors (Lipinski definition) is 3. The molecule has 0 amide bonds. The van der Waals surface area contributed by atoms with E-state index >= 15 is 0 Å². The Labute approximate surface area is 94.9 Å². The number of rotatable bonds is 3. The van der Waals surface area contributed by atoms with Crippen LogP contribution in [0.1, 0.15) is 37.1 Å². The molecule has 0 bridgehead atoms. The zero-order valence-corrected chi connectivity index (χ0v) is 10.1. The van der Waals surface area contributed by atoms with Crippen LogP contribution in [-0.2, 0) is 4.79 Å². The number of nitrogens with zero attached hydrogens (tertiary/aromatic N) is 1. The van der Waals surface area contributed by atoms with Gasteiger partial charge in [0.25, 0.3) is 0 Å². The zero-order chi connectivity index (χ0) is 10.8. The van der Waals surface area contributed by atoms with Crippen molar-refractivity contribution >= 4 is 17.1 Å². The Morgan fingerprint density at radius 2 is 2.40 bits per heavy atom. The van der Waals surface area contributed by atoms with Crippen LogP contribution < -0.4 is 0 Å². The molecule has 2 atom stereocenters. The van der Waals surface area contributed by atoms with Gasteiger partial charge in [-0.2, -0.15) is 0 Å². The minimum atomic E-state index is 0.422. The van der Waals surface area contributed by atoms with Gasteiger partial charge in [0.2, 0.25) is 0 Å². The minimum Gasteiger partial charge on any atom is -0.300 e. The molecule has 82 valence electrons. The van der Waals surface area contributed by atoms with Crippen molar-refractivity contribution in [2.75, 3.05) is 7.05 Å². The van der Waals surface area contributed by atoms with Crippen LogP contribution in [0.15, 0.2) is 17.5 Å². The molecule has 2 rings (SSSR count). The lowest BCUT2D eigenvalue weighted by Crippen LogP contribution is -2.31. The molecule has 1 aliphatic carbocycles. The fourth-order valence-corrected chi connectivity index (χ4v) is 3.02. The maximum Gasteiger partial charge on any atom is 0.134 e. The second-order valence-corrected chi connectivity index (χ2v) is 5.27. The third kappa shape index (κ3) is 2.29. The Balaban J connectivity index is 2.01. The molecule has 1 aliphatic rings. The second kappa shape index (κ2) is 4.45. The summed E-state index contributed by atoms with van der Waals surface area (Å²) in [5, 5.41) is 2.11. The molecule has 0 radical (unpaired) electrons. The van der Waals surface area contributed by atoms with Crippen molar-refractivity contribution in [3.63, 3.8) is 0 Å². The van der Waals surface area contributed by atoms with E-state index in [0.717, 1.165) is 19.3 Å². The second-order valence-electron chi connectivity index (χ2n) is 4.29. The van der Waals surface area contributed by atoms with E-state index in [0.29, 0.717) is 17.9 Å². The molecule has 1 heterocycles. The summed E-state index contributed by atoms with van der Waals surface area (Å²) in [5.74, 6) is 0.422. The van der Waals surface area contributed by atoms with Gasteiger partial charge in [-0.1, -0.05) is 6.07 Å². The van der Waals surface area contributed by atoms with Gasteiger partial charge in [0.05, 0.1) is 0 Å². The van der Waals surface area contributed by atoms with Gasteiger partial charge in [0.1, 0.15) is 5.78 Å². The Morgan fingerprint density at radius 3 is 2.93 bits per heavy atom. The third-order valence-electron chi connectivity index (χ3n) is 3.36. The van der Waals surface area contributed by atoms with Crippen LogP contribution >= 0.6 is 11.3 Å². The van der Waals surface area contributed by atoms with Crippen LogP contribution in [0.25, 0.3) is 0 Å². The van der Waals surface area contributed by atoms with Crippen LogP contribution in [0.5, 0.6) is 0 Å². The quantitative estimate of drug-likeness (QED) is 0.785. The lowest BCUT2D eigenvalue weighted by molar-refractivity contribution is -0.117. The topological polar surface area (TPSA) is 20.3 Å². The van der Waals surface area contributed by atoms with Crippen LogP contribution in [-0.4, -0.2) is 23.8 Å². The number of Topliss-reactive ketones (excluding diaryl/α,β-unsaturated/α-hetero) is 1. The smallest absolute Gasteiger partial charge is 0.134 e. The molecule has 0 aliphatic heterocycles. The molecule has 0 saturated heterocycles. The predicted octanol–water partition coefficient (Wildman–Crippen LogP) is 2.86. The first-order valence-electron chi connectivity index (χ1n) is 5.45. The Bertz CT molecular complexity index is 333. The molecule has 2 unspecified atom stereocenters. The van der Waals surface area contributed by atoms with Gasteiger partial charge < -0.3 is 0 Å². The first kappa shape index (κ1) is 10.8. The van der Waals surface area contributed by atoms with Crippen molar-refractivity contribution in [2.24, 2.45) is 0 Å². The summed E-state index contributed by atoms with van der Waals surface area (Å²) in [5.41, 5.74) is 0. The van der Waals surface area contributed by atoms with E-state index in [-0.39, 0.29) is 0 Å². The molecule has 3 heteroatoms. The highest BCUT2D eigenvalue weighted by Crippen LogP contribution is 2.29. The lowest BCUT2D eigenvalue weighted by Gasteiger charge is -2.29. The van der Waals surface area contributed by atoms with Crippen LogP contribution in [0.4, 0.5) is 0 Å². The Kier molecular flexibility index (Phi) is 3.22. The van der Waals surface area contributed by atoms with E-state index in [1.165, 1.54) is 4.88 Å². The number of ketones is 1. The molecular formula is C12H17NOS. The predicted molar refractivity (Wildman–Crippen MR) is 63.1 cm³/mol. The maximum absolute atomic E-state index is 11.2. The van der Waals surface area contributed by atoms with Crippen molar-refractivity contribution in [3.8, 4) is 0 Å². The Morgan fingerprint density at radius 1 is 1.60 bits per heavy atom. The summed E-state index contributed by atoms with van der Waals surface area (Å²) in [6.45, 7) is 2.22. The number of hydrogen-bond donors (Lipinski definition) is 0. The normalized spacial score (nSPS) is 23.7. The van der Waals surface area contributed by atoms with Crippen molar-refractivity contribution in [1.29, 1.82) is 0 Å². The fraction of sp³-hybridized carbons (Fsp3) is 0.583. The molecule has 2 nitrogen and oxygen atoms in total. The molecule has 0 spiro atoms. The van der Waals surface area contributed by atoms with E-state index in [2.05, 4.69) is 36.4 Å². The SMILES string of the molecule is CC(c1cccs1)N(C)C1CCC(=O)C1. The molecule has 0 aromatic carbocycles. The monoisotopic (exact) mass is 223 g/mol. The van der Waals surface area contributed by atoms with Crippen LogP contribution in [0, 0.1) is 0 Å². The lowest BCUT2D eigenvalue weighted by atomic mass is 10.1. The fourth-order valence-electron chi connectivity index (χ4n) is 2.19. The molecule has 0 N–H and O–H groups in total. The van der Waals surface area contributed by atoms with Gasteiger partial charge in [-0.15, -0.1) is 11.3 Å². The van der Waals surface area contributed by atoms with Gasteiger partial charge in [0, 0.05) is 29.8 Å². The molecule has 1 aromatic rings. The average molecular weight is 223 g/mol. The largest absolute Gasteiger partial charge is 0.300 e.